The minimum atomic E-state index is -0.0813. The van der Waals surface area contributed by atoms with Crippen molar-refractivity contribution in [2.45, 2.75) is 13.0 Å². The number of carbonyl (C=O) groups excluding carboxylic acids is 1. The van der Waals surface area contributed by atoms with Crippen LogP contribution in [0.1, 0.15) is 12.0 Å². The van der Waals surface area contributed by atoms with E-state index in [0.29, 0.717) is 52.0 Å². The monoisotopic (exact) mass is 391 g/mol. The maximum Gasteiger partial charge on any atom is 0.222 e. The number of hydrogen-bond acceptors (Lipinski definition) is 9. The molecule has 152 valence electrons. The Morgan fingerprint density at radius 3 is 2.14 bits per heavy atom. The second kappa shape index (κ2) is 13.6. The van der Waals surface area contributed by atoms with Crippen LogP contribution in [0.15, 0.2) is 30.6 Å². The van der Waals surface area contributed by atoms with E-state index in [1.54, 1.807) is 0 Å². The Kier molecular flexibility index (Phi) is 10.6. The van der Waals surface area contributed by atoms with E-state index in [4.69, 9.17) is 19.3 Å². The van der Waals surface area contributed by atoms with E-state index in [-0.39, 0.29) is 18.9 Å². The average molecular weight is 391 g/mol. The van der Waals surface area contributed by atoms with Crippen LogP contribution in [-0.2, 0) is 25.5 Å². The molecule has 28 heavy (non-hydrogen) atoms. The summed E-state index contributed by atoms with van der Waals surface area (Å²) < 4.78 is 15.7. The Bertz CT molecular complexity index is 672. The second-order valence-corrected chi connectivity index (χ2v) is 5.65. The number of carbonyl (C=O) groups is 1. The third-order valence-corrected chi connectivity index (χ3v) is 3.56. The largest absolute Gasteiger partial charge is 0.394 e. The molecule has 2 N–H and O–H groups in total. The van der Waals surface area contributed by atoms with Crippen molar-refractivity contribution < 1.29 is 24.1 Å². The molecule has 0 radical (unpaired) electrons. The zero-order valence-corrected chi connectivity index (χ0v) is 15.6. The number of aliphatic hydroxyl groups is 1. The summed E-state index contributed by atoms with van der Waals surface area (Å²) in [6, 6.07) is 7.50. The SMILES string of the molecule is O=C(CCOCCOCCOCCO)NCc1ccc(-c2nncnn2)cc1. The summed E-state index contributed by atoms with van der Waals surface area (Å²) >= 11 is 0. The van der Waals surface area contributed by atoms with Gasteiger partial charge in [-0.3, -0.25) is 4.79 Å². The van der Waals surface area contributed by atoms with Crippen LogP contribution in [0.3, 0.4) is 0 Å². The number of aromatic nitrogens is 4. The molecule has 0 unspecified atom stereocenters. The van der Waals surface area contributed by atoms with E-state index < -0.39 is 0 Å². The van der Waals surface area contributed by atoms with Crippen molar-refractivity contribution in [3.63, 3.8) is 0 Å². The Morgan fingerprint density at radius 1 is 0.893 bits per heavy atom. The Hall–Kier alpha value is -2.53. The predicted octanol–water partition coefficient (Wildman–Crippen LogP) is -0.0180. The minimum absolute atomic E-state index is 0.00849. The third-order valence-electron chi connectivity index (χ3n) is 3.56. The van der Waals surface area contributed by atoms with Crippen LogP contribution < -0.4 is 5.32 Å². The van der Waals surface area contributed by atoms with Gasteiger partial charge in [0, 0.05) is 18.5 Å². The molecular formula is C18H25N5O5. The Morgan fingerprint density at radius 2 is 1.50 bits per heavy atom. The van der Waals surface area contributed by atoms with Crippen molar-refractivity contribution in [3.05, 3.63) is 36.2 Å². The number of benzene rings is 1. The predicted molar refractivity (Wildman–Crippen MR) is 99.1 cm³/mol. The summed E-state index contributed by atoms with van der Waals surface area (Å²) in [5, 5.41) is 26.6. The van der Waals surface area contributed by atoms with E-state index in [2.05, 4.69) is 25.7 Å². The molecule has 0 bridgehead atoms. The molecule has 2 rings (SSSR count). The van der Waals surface area contributed by atoms with Crippen LogP contribution in [-0.4, -0.2) is 77.7 Å². The molecule has 1 aromatic heterocycles. The van der Waals surface area contributed by atoms with Crippen LogP contribution in [0.2, 0.25) is 0 Å². The molecule has 0 fully saturated rings. The first kappa shape index (κ1) is 21.8. The van der Waals surface area contributed by atoms with Crippen LogP contribution in [0.25, 0.3) is 11.4 Å². The molecule has 1 aromatic carbocycles. The zero-order valence-electron chi connectivity index (χ0n) is 15.6. The van der Waals surface area contributed by atoms with Gasteiger partial charge in [0.05, 0.1) is 46.2 Å². The fourth-order valence-electron chi connectivity index (χ4n) is 2.15. The lowest BCUT2D eigenvalue weighted by Gasteiger charge is -2.08. The highest BCUT2D eigenvalue weighted by molar-refractivity contribution is 5.75. The quantitative estimate of drug-likeness (QED) is 0.427. The number of nitrogens with one attached hydrogen (secondary N) is 1. The first-order valence-electron chi connectivity index (χ1n) is 9.00. The summed E-state index contributed by atoms with van der Waals surface area (Å²) in [6.07, 6.45) is 1.56. The van der Waals surface area contributed by atoms with Crippen molar-refractivity contribution in [1.82, 2.24) is 25.7 Å². The molecule has 10 heteroatoms. The topological polar surface area (TPSA) is 129 Å². The fourth-order valence-corrected chi connectivity index (χ4v) is 2.15. The molecule has 10 nitrogen and oxygen atoms in total. The number of ether oxygens (including phenoxy) is 3. The summed E-state index contributed by atoms with van der Waals surface area (Å²) in [5.41, 5.74) is 1.78. The van der Waals surface area contributed by atoms with Crippen molar-refractivity contribution in [2.75, 3.05) is 46.2 Å². The van der Waals surface area contributed by atoms with Gasteiger partial charge in [-0.25, -0.2) is 0 Å². The molecule has 2 aromatic rings. The van der Waals surface area contributed by atoms with Gasteiger partial charge in [0.15, 0.2) is 6.33 Å². The lowest BCUT2D eigenvalue weighted by molar-refractivity contribution is -0.122. The number of hydrogen-bond donors (Lipinski definition) is 2. The van der Waals surface area contributed by atoms with Gasteiger partial charge in [0.2, 0.25) is 11.7 Å². The van der Waals surface area contributed by atoms with Crippen molar-refractivity contribution in [2.24, 2.45) is 0 Å². The van der Waals surface area contributed by atoms with Crippen LogP contribution in [0.5, 0.6) is 0 Å². The number of amides is 1. The lowest BCUT2D eigenvalue weighted by atomic mass is 10.1. The first-order chi connectivity index (χ1) is 13.8. The molecule has 0 aliphatic carbocycles. The summed E-state index contributed by atoms with van der Waals surface area (Å²) in [5.74, 6) is 0.374. The molecule has 0 spiro atoms. The van der Waals surface area contributed by atoms with Crippen LogP contribution in [0.4, 0.5) is 0 Å². The highest BCUT2D eigenvalue weighted by Gasteiger charge is 2.04. The molecule has 0 aliphatic rings. The summed E-state index contributed by atoms with van der Waals surface area (Å²) in [6.45, 7) is 2.83. The third kappa shape index (κ3) is 8.91. The molecule has 1 heterocycles. The van der Waals surface area contributed by atoms with Gasteiger partial charge < -0.3 is 24.6 Å². The normalized spacial score (nSPS) is 10.8. The second-order valence-electron chi connectivity index (χ2n) is 5.65. The van der Waals surface area contributed by atoms with Gasteiger partial charge in [-0.05, 0) is 5.56 Å². The smallest absolute Gasteiger partial charge is 0.222 e. The van der Waals surface area contributed by atoms with E-state index >= 15 is 0 Å². The van der Waals surface area contributed by atoms with Gasteiger partial charge >= 0.3 is 0 Å². The maximum absolute atomic E-state index is 11.8. The zero-order chi connectivity index (χ0) is 19.9. The standard InChI is InChI=1S/C18H25N5O5/c24-6-8-27-10-12-28-11-9-26-7-5-17(25)19-13-15-1-3-16(4-2-15)18-22-20-14-21-23-18/h1-4,14,24H,5-13H2,(H,19,25). The molecule has 0 atom stereocenters. The van der Waals surface area contributed by atoms with E-state index in [1.165, 1.54) is 6.33 Å². The first-order valence-corrected chi connectivity index (χ1v) is 9.00. The number of aliphatic hydroxyl groups excluding tert-OH is 1. The Balaban J connectivity index is 1.52. The van der Waals surface area contributed by atoms with Gasteiger partial charge in [-0.1, -0.05) is 24.3 Å². The van der Waals surface area contributed by atoms with Gasteiger partial charge in [0.1, 0.15) is 0 Å². The number of nitrogens with zero attached hydrogens (tertiary/aromatic N) is 4. The van der Waals surface area contributed by atoms with E-state index in [9.17, 15) is 4.79 Å². The van der Waals surface area contributed by atoms with Crippen LogP contribution >= 0.6 is 0 Å². The summed E-state index contributed by atoms with van der Waals surface area (Å²) in [4.78, 5) is 11.8. The molecular weight excluding hydrogens is 366 g/mol. The van der Waals surface area contributed by atoms with Gasteiger partial charge in [-0.2, -0.15) is 0 Å². The van der Waals surface area contributed by atoms with E-state index in [1.807, 2.05) is 24.3 Å². The van der Waals surface area contributed by atoms with E-state index in [0.717, 1.165) is 11.1 Å². The van der Waals surface area contributed by atoms with Crippen molar-refractivity contribution in [1.29, 1.82) is 0 Å². The molecule has 0 saturated heterocycles. The highest BCUT2D eigenvalue weighted by Crippen LogP contribution is 2.13. The summed E-state index contributed by atoms with van der Waals surface area (Å²) in [7, 11) is 0. The lowest BCUT2D eigenvalue weighted by Crippen LogP contribution is -2.24. The molecule has 0 aliphatic heterocycles. The van der Waals surface area contributed by atoms with Crippen molar-refractivity contribution in [3.8, 4) is 11.4 Å². The van der Waals surface area contributed by atoms with Gasteiger partial charge in [-0.15, -0.1) is 20.4 Å². The Labute approximate surface area is 163 Å². The number of rotatable bonds is 14. The van der Waals surface area contributed by atoms with Crippen LogP contribution in [0, 0.1) is 0 Å². The van der Waals surface area contributed by atoms with Gasteiger partial charge in [0.25, 0.3) is 0 Å². The molecule has 0 saturated carbocycles. The maximum atomic E-state index is 11.8. The highest BCUT2D eigenvalue weighted by atomic mass is 16.5. The van der Waals surface area contributed by atoms with Crippen molar-refractivity contribution >= 4 is 5.91 Å². The fraction of sp³-hybridized carbons (Fsp3) is 0.500. The minimum Gasteiger partial charge on any atom is -0.394 e. The average Bonchev–Trinajstić information content (AvgIpc) is 2.74. The molecule has 1 amide bonds.